The van der Waals surface area contributed by atoms with Crippen LogP contribution in [-0.4, -0.2) is 52.2 Å². The minimum Gasteiger partial charge on any atom is -0.390 e. The molecule has 0 aliphatic carbocycles. The average Bonchev–Trinajstić information content (AvgIpc) is 2.76. The van der Waals surface area contributed by atoms with Gasteiger partial charge in [0, 0.05) is 13.1 Å². The monoisotopic (exact) mass is 260 g/mol. The van der Waals surface area contributed by atoms with E-state index in [-0.39, 0.29) is 12.6 Å². The molecule has 1 atom stereocenters. The molecule has 1 aromatic heterocycles. The summed E-state index contributed by atoms with van der Waals surface area (Å²) in [4.78, 5) is 0. The SMILES string of the molecule is CS(=O)(=O)N1CCC[C@@H](n2cc(CO)nn2)C1. The molecule has 2 rings (SSSR count). The second-order valence-corrected chi connectivity index (χ2v) is 6.25. The molecule has 1 N–H and O–H groups in total. The van der Waals surface area contributed by atoms with Crippen LogP contribution in [0.5, 0.6) is 0 Å². The number of sulfonamides is 1. The van der Waals surface area contributed by atoms with Crippen molar-refractivity contribution in [3.8, 4) is 0 Å². The van der Waals surface area contributed by atoms with Crippen molar-refractivity contribution < 1.29 is 13.5 Å². The average molecular weight is 260 g/mol. The van der Waals surface area contributed by atoms with Crippen LogP contribution in [0.1, 0.15) is 24.6 Å². The number of hydrogen-bond acceptors (Lipinski definition) is 5. The smallest absolute Gasteiger partial charge is 0.211 e. The van der Waals surface area contributed by atoms with Gasteiger partial charge in [-0.3, -0.25) is 0 Å². The summed E-state index contributed by atoms with van der Waals surface area (Å²) in [6, 6.07) is 0.00581. The molecule has 1 saturated heterocycles. The van der Waals surface area contributed by atoms with Gasteiger partial charge in [0.1, 0.15) is 5.69 Å². The molecule has 0 spiro atoms. The Kier molecular flexibility index (Phi) is 3.45. The first-order valence-corrected chi connectivity index (χ1v) is 7.32. The summed E-state index contributed by atoms with van der Waals surface area (Å²) >= 11 is 0. The van der Waals surface area contributed by atoms with Crippen molar-refractivity contribution in [2.45, 2.75) is 25.5 Å². The summed E-state index contributed by atoms with van der Waals surface area (Å²) in [6.07, 6.45) is 4.57. The minimum atomic E-state index is -3.14. The number of piperidine rings is 1. The molecule has 0 unspecified atom stereocenters. The van der Waals surface area contributed by atoms with E-state index in [1.165, 1.54) is 10.6 Å². The highest BCUT2D eigenvalue weighted by Gasteiger charge is 2.27. The van der Waals surface area contributed by atoms with E-state index in [1.807, 2.05) is 0 Å². The summed E-state index contributed by atoms with van der Waals surface area (Å²) in [5.41, 5.74) is 0.501. The number of aliphatic hydroxyl groups is 1. The van der Waals surface area contributed by atoms with Crippen LogP contribution < -0.4 is 0 Å². The van der Waals surface area contributed by atoms with Crippen molar-refractivity contribution >= 4 is 10.0 Å². The molecule has 17 heavy (non-hydrogen) atoms. The molecule has 0 bridgehead atoms. The maximum Gasteiger partial charge on any atom is 0.211 e. The largest absolute Gasteiger partial charge is 0.390 e. The van der Waals surface area contributed by atoms with Crippen LogP contribution in [0.2, 0.25) is 0 Å². The van der Waals surface area contributed by atoms with Crippen molar-refractivity contribution in [1.82, 2.24) is 19.3 Å². The van der Waals surface area contributed by atoms with E-state index >= 15 is 0 Å². The molecule has 96 valence electrons. The molecule has 1 aliphatic heterocycles. The van der Waals surface area contributed by atoms with Gasteiger partial charge in [0.15, 0.2) is 0 Å². The van der Waals surface area contributed by atoms with E-state index in [0.29, 0.717) is 18.8 Å². The Balaban J connectivity index is 2.12. The van der Waals surface area contributed by atoms with E-state index in [4.69, 9.17) is 5.11 Å². The third-order valence-corrected chi connectivity index (χ3v) is 4.19. The predicted octanol–water partition coefficient (Wildman–Crippen LogP) is -0.633. The van der Waals surface area contributed by atoms with E-state index in [1.54, 1.807) is 10.9 Å². The quantitative estimate of drug-likeness (QED) is 0.781. The van der Waals surface area contributed by atoms with Gasteiger partial charge in [-0.1, -0.05) is 5.21 Å². The number of rotatable bonds is 3. The van der Waals surface area contributed by atoms with Crippen LogP contribution in [0.25, 0.3) is 0 Å². The number of nitrogens with zero attached hydrogens (tertiary/aromatic N) is 4. The summed E-state index contributed by atoms with van der Waals surface area (Å²) in [7, 11) is -3.14. The molecule has 0 saturated carbocycles. The molecular weight excluding hydrogens is 244 g/mol. The Bertz CT molecular complexity index is 484. The molecule has 1 fully saturated rings. The Labute approximate surface area is 100 Å². The molecule has 8 heteroatoms. The van der Waals surface area contributed by atoms with Crippen molar-refractivity contribution in [2.24, 2.45) is 0 Å². The molecule has 1 aromatic rings. The molecule has 0 amide bonds. The zero-order valence-corrected chi connectivity index (χ0v) is 10.5. The lowest BCUT2D eigenvalue weighted by molar-refractivity contribution is 0.252. The summed E-state index contributed by atoms with van der Waals surface area (Å²) < 4.78 is 26.0. The lowest BCUT2D eigenvalue weighted by Gasteiger charge is -2.30. The maximum absolute atomic E-state index is 11.5. The standard InChI is InChI=1S/C9H16N4O3S/c1-17(15,16)12-4-2-3-9(6-12)13-5-8(7-14)10-11-13/h5,9,14H,2-4,6-7H2,1H3/t9-/m1/s1. The summed E-state index contributed by atoms with van der Waals surface area (Å²) in [5, 5.41) is 16.6. The molecule has 2 heterocycles. The fraction of sp³-hybridized carbons (Fsp3) is 0.778. The Morgan fingerprint density at radius 3 is 2.94 bits per heavy atom. The van der Waals surface area contributed by atoms with Crippen LogP contribution in [0, 0.1) is 0 Å². The van der Waals surface area contributed by atoms with Crippen LogP contribution in [0.3, 0.4) is 0 Å². The zero-order chi connectivity index (χ0) is 12.5. The third kappa shape index (κ3) is 2.82. The van der Waals surface area contributed by atoms with Crippen molar-refractivity contribution in [3.63, 3.8) is 0 Å². The first kappa shape index (κ1) is 12.5. The number of aliphatic hydroxyl groups excluding tert-OH is 1. The lowest BCUT2D eigenvalue weighted by atomic mass is 10.1. The highest BCUT2D eigenvalue weighted by Crippen LogP contribution is 2.22. The Morgan fingerprint density at radius 2 is 2.35 bits per heavy atom. The molecule has 7 nitrogen and oxygen atoms in total. The van der Waals surface area contributed by atoms with Gasteiger partial charge in [-0.25, -0.2) is 17.4 Å². The van der Waals surface area contributed by atoms with Gasteiger partial charge in [-0.05, 0) is 12.8 Å². The number of aromatic nitrogens is 3. The van der Waals surface area contributed by atoms with Gasteiger partial charge in [-0.2, -0.15) is 0 Å². The van der Waals surface area contributed by atoms with Gasteiger partial charge in [0.05, 0.1) is 25.1 Å². The second-order valence-electron chi connectivity index (χ2n) is 4.27. The van der Waals surface area contributed by atoms with E-state index < -0.39 is 10.0 Å². The van der Waals surface area contributed by atoms with Crippen LogP contribution in [0.4, 0.5) is 0 Å². The van der Waals surface area contributed by atoms with Gasteiger partial charge in [0.2, 0.25) is 10.0 Å². The summed E-state index contributed by atoms with van der Waals surface area (Å²) in [5.74, 6) is 0. The number of hydrogen-bond donors (Lipinski definition) is 1. The third-order valence-electron chi connectivity index (χ3n) is 2.92. The van der Waals surface area contributed by atoms with Crippen molar-refractivity contribution in [2.75, 3.05) is 19.3 Å². The second kappa shape index (κ2) is 4.71. The van der Waals surface area contributed by atoms with Crippen LogP contribution >= 0.6 is 0 Å². The summed E-state index contributed by atoms with van der Waals surface area (Å²) in [6.45, 7) is 0.840. The molecule has 0 aromatic carbocycles. The Hall–Kier alpha value is -0.990. The minimum absolute atomic E-state index is 0.00581. The fourth-order valence-corrected chi connectivity index (χ4v) is 2.91. The van der Waals surface area contributed by atoms with Crippen molar-refractivity contribution in [1.29, 1.82) is 0 Å². The van der Waals surface area contributed by atoms with Crippen LogP contribution in [-0.2, 0) is 16.6 Å². The van der Waals surface area contributed by atoms with E-state index in [0.717, 1.165) is 12.8 Å². The normalized spacial score (nSPS) is 22.8. The van der Waals surface area contributed by atoms with Gasteiger partial charge in [0.25, 0.3) is 0 Å². The molecule has 0 radical (unpaired) electrons. The van der Waals surface area contributed by atoms with E-state index in [9.17, 15) is 8.42 Å². The van der Waals surface area contributed by atoms with Crippen molar-refractivity contribution in [3.05, 3.63) is 11.9 Å². The molecular formula is C9H16N4O3S. The predicted molar refractivity (Wildman–Crippen MR) is 60.6 cm³/mol. The highest BCUT2D eigenvalue weighted by molar-refractivity contribution is 7.88. The molecule has 1 aliphatic rings. The topological polar surface area (TPSA) is 88.3 Å². The highest BCUT2D eigenvalue weighted by atomic mass is 32.2. The zero-order valence-electron chi connectivity index (χ0n) is 9.65. The maximum atomic E-state index is 11.5. The van der Waals surface area contributed by atoms with Crippen LogP contribution in [0.15, 0.2) is 6.20 Å². The Morgan fingerprint density at radius 1 is 1.59 bits per heavy atom. The van der Waals surface area contributed by atoms with Gasteiger partial charge in [-0.15, -0.1) is 5.10 Å². The van der Waals surface area contributed by atoms with Gasteiger partial charge >= 0.3 is 0 Å². The first-order valence-electron chi connectivity index (χ1n) is 5.47. The van der Waals surface area contributed by atoms with Gasteiger partial charge < -0.3 is 5.11 Å². The first-order chi connectivity index (χ1) is 8.00. The fourth-order valence-electron chi connectivity index (χ4n) is 2.00. The lowest BCUT2D eigenvalue weighted by Crippen LogP contribution is -2.40. The van der Waals surface area contributed by atoms with E-state index in [2.05, 4.69) is 10.3 Å².